The van der Waals surface area contributed by atoms with Gasteiger partial charge in [-0.1, -0.05) is 0 Å². The van der Waals surface area contributed by atoms with Crippen LogP contribution >= 0.6 is 11.3 Å². The number of aromatic nitrogens is 5. The molecule has 0 radical (unpaired) electrons. The Labute approximate surface area is 235 Å². The van der Waals surface area contributed by atoms with Crippen LogP contribution in [0.1, 0.15) is 71.1 Å². The molecule has 2 unspecified atom stereocenters. The molecule has 7 rings (SSSR count). The Morgan fingerprint density at radius 2 is 2.02 bits per heavy atom. The summed E-state index contributed by atoms with van der Waals surface area (Å²) in [7, 11) is 1.54. The molecule has 0 aliphatic heterocycles. The number of nitrogens with zero attached hydrogens (tertiary/aromatic N) is 5. The van der Waals surface area contributed by atoms with Gasteiger partial charge in [-0.25, -0.2) is 17.6 Å². The number of aryl methyl sites for hydroxylation is 2. The number of amides is 2. The quantitative estimate of drug-likeness (QED) is 0.313. The third kappa shape index (κ3) is 4.77. The fourth-order valence-electron chi connectivity index (χ4n) is 5.98. The van der Waals surface area contributed by atoms with Crippen molar-refractivity contribution in [2.45, 2.75) is 63.3 Å². The minimum absolute atomic E-state index is 0.0429. The molecule has 0 bridgehead atoms. The summed E-state index contributed by atoms with van der Waals surface area (Å²) in [6.45, 7) is -0.135. The summed E-state index contributed by atoms with van der Waals surface area (Å²) >= 11 is 1.37. The van der Waals surface area contributed by atoms with Crippen molar-refractivity contribution in [1.82, 2.24) is 29.9 Å². The summed E-state index contributed by atoms with van der Waals surface area (Å²) in [5, 5.41) is 21.1. The number of carbonyl (C=O) groups excluding carboxylic acids is 2. The summed E-state index contributed by atoms with van der Waals surface area (Å²) in [6, 6.07) is 1.06. The first-order valence-electron chi connectivity index (χ1n) is 13.6. The van der Waals surface area contributed by atoms with Crippen molar-refractivity contribution in [3.05, 3.63) is 34.1 Å². The maximum atomic E-state index is 13.5. The number of hydrogen-bond acceptors (Lipinski definition) is 7. The van der Waals surface area contributed by atoms with Crippen molar-refractivity contribution < 1.29 is 27.2 Å². The first-order valence-corrected chi connectivity index (χ1v) is 14.5. The fraction of sp³-hybridized carbons (Fsp3) is 0.577. The third-order valence-corrected chi connectivity index (χ3v) is 10.1. The van der Waals surface area contributed by atoms with Gasteiger partial charge in [-0.05, 0) is 49.5 Å². The third-order valence-electron chi connectivity index (χ3n) is 8.89. The van der Waals surface area contributed by atoms with Crippen molar-refractivity contribution in [3.63, 3.8) is 0 Å². The molecule has 41 heavy (non-hydrogen) atoms. The highest BCUT2D eigenvalue weighted by Gasteiger charge is 2.65. The predicted molar refractivity (Wildman–Crippen MR) is 141 cm³/mol. The number of fused-ring (bicyclic) bond motifs is 1. The van der Waals surface area contributed by atoms with E-state index in [4.69, 9.17) is 0 Å². The smallest absolute Gasteiger partial charge is 0.282 e. The number of carbonyl (C=O) groups is 2. The monoisotopic (exact) mass is 592 g/mol. The molecule has 3 N–H and O–H groups in total. The van der Waals surface area contributed by atoms with Crippen LogP contribution in [0, 0.1) is 17.3 Å². The van der Waals surface area contributed by atoms with Gasteiger partial charge in [-0.2, -0.15) is 5.10 Å². The molecule has 0 aromatic carbocycles. The Morgan fingerprint density at radius 3 is 2.68 bits per heavy atom. The lowest BCUT2D eigenvalue weighted by molar-refractivity contribution is -0.117. The highest BCUT2D eigenvalue weighted by molar-refractivity contribution is 7.17. The van der Waals surface area contributed by atoms with Crippen LogP contribution in [-0.4, -0.2) is 48.8 Å². The number of anilines is 3. The normalized spacial score (nSPS) is 24.7. The Morgan fingerprint density at radius 1 is 1.24 bits per heavy atom. The zero-order valence-electron chi connectivity index (χ0n) is 22.1. The summed E-state index contributed by atoms with van der Waals surface area (Å²) in [6.07, 6.45) is 3.25. The van der Waals surface area contributed by atoms with E-state index >= 15 is 0 Å². The highest BCUT2D eigenvalue weighted by atomic mass is 32.1. The number of hydrogen-bond donors (Lipinski definition) is 3. The van der Waals surface area contributed by atoms with E-state index in [1.54, 1.807) is 4.57 Å². The minimum atomic E-state index is -2.75. The van der Waals surface area contributed by atoms with Gasteiger partial charge in [-0.15, -0.1) is 21.5 Å². The van der Waals surface area contributed by atoms with Gasteiger partial charge in [0, 0.05) is 48.8 Å². The van der Waals surface area contributed by atoms with Crippen LogP contribution < -0.4 is 16.0 Å². The molecular weight excluding hydrogens is 564 g/mol. The van der Waals surface area contributed by atoms with Crippen LogP contribution in [0.15, 0.2) is 12.4 Å². The Balaban J connectivity index is 1.14. The maximum absolute atomic E-state index is 13.5. The number of alkyl halides is 4. The van der Waals surface area contributed by atoms with Crippen LogP contribution in [0.3, 0.4) is 0 Å². The van der Waals surface area contributed by atoms with Gasteiger partial charge in [0.05, 0.1) is 5.56 Å². The molecule has 10 nitrogen and oxygen atoms in total. The number of thiophene rings is 1. The van der Waals surface area contributed by atoms with Gasteiger partial charge in [0.15, 0.2) is 0 Å². The summed E-state index contributed by atoms with van der Waals surface area (Å²) in [5.41, 5.74) is 0.870. The van der Waals surface area contributed by atoms with Gasteiger partial charge >= 0.3 is 0 Å². The first-order chi connectivity index (χ1) is 19.5. The molecule has 4 aliphatic carbocycles. The molecule has 3 aromatic rings. The lowest BCUT2D eigenvalue weighted by atomic mass is 9.91. The zero-order chi connectivity index (χ0) is 28.7. The predicted octanol–water partition coefficient (Wildman–Crippen LogP) is 4.61. The highest BCUT2D eigenvalue weighted by Crippen LogP contribution is 2.70. The number of rotatable bonds is 9. The molecule has 218 valence electrons. The van der Waals surface area contributed by atoms with Crippen LogP contribution in [0.25, 0.3) is 0 Å². The fourth-order valence-corrected chi connectivity index (χ4v) is 7.23. The molecule has 4 aliphatic rings. The molecule has 3 atom stereocenters. The van der Waals surface area contributed by atoms with E-state index in [1.807, 2.05) is 0 Å². The second-order valence-electron chi connectivity index (χ2n) is 11.7. The second kappa shape index (κ2) is 9.26. The lowest BCUT2D eigenvalue weighted by Gasteiger charge is -2.25. The van der Waals surface area contributed by atoms with E-state index in [0.717, 1.165) is 29.7 Å². The maximum Gasteiger partial charge on any atom is 0.282 e. The van der Waals surface area contributed by atoms with E-state index in [9.17, 15) is 27.2 Å². The number of nitrogens with one attached hydrogen (secondary N) is 3. The van der Waals surface area contributed by atoms with Gasteiger partial charge in [0.25, 0.3) is 18.3 Å². The average Bonchev–Trinajstić information content (AvgIpc) is 3.83. The summed E-state index contributed by atoms with van der Waals surface area (Å²) in [5.74, 6) is -3.60. The minimum Gasteiger partial charge on any atom is -0.351 e. The van der Waals surface area contributed by atoms with E-state index in [1.165, 1.54) is 35.5 Å². The average molecular weight is 593 g/mol. The van der Waals surface area contributed by atoms with E-state index in [2.05, 4.69) is 31.2 Å². The van der Waals surface area contributed by atoms with E-state index < -0.39 is 24.2 Å². The second-order valence-corrected chi connectivity index (χ2v) is 12.8. The molecule has 15 heteroatoms. The largest absolute Gasteiger partial charge is 0.351 e. The molecule has 3 aromatic heterocycles. The van der Waals surface area contributed by atoms with Crippen LogP contribution in [-0.2, 0) is 24.7 Å². The van der Waals surface area contributed by atoms with E-state index in [0.29, 0.717) is 41.6 Å². The van der Waals surface area contributed by atoms with Crippen molar-refractivity contribution >= 4 is 39.9 Å². The van der Waals surface area contributed by atoms with E-state index in [-0.39, 0.29) is 41.9 Å². The molecular formula is C26H28F4N8O2S. The topological polar surface area (TPSA) is 119 Å². The lowest BCUT2D eigenvalue weighted by Crippen LogP contribution is -2.29. The van der Waals surface area contributed by atoms with Gasteiger partial charge in [0.2, 0.25) is 11.9 Å². The molecule has 0 saturated heterocycles. The van der Waals surface area contributed by atoms with Gasteiger partial charge in [0.1, 0.15) is 22.8 Å². The summed E-state index contributed by atoms with van der Waals surface area (Å²) in [4.78, 5) is 27.4. The van der Waals surface area contributed by atoms with Crippen LogP contribution in [0.4, 0.5) is 34.3 Å². The number of halogens is 4. The van der Waals surface area contributed by atoms with Crippen LogP contribution in [0.2, 0.25) is 0 Å². The Hall–Kier alpha value is -3.49. The molecule has 3 saturated carbocycles. The van der Waals surface area contributed by atoms with Crippen molar-refractivity contribution in [1.29, 1.82) is 0 Å². The molecule has 1 spiro atoms. The molecule has 3 heterocycles. The van der Waals surface area contributed by atoms with Gasteiger partial charge in [-0.3, -0.25) is 18.8 Å². The first kappa shape index (κ1) is 26.4. The Kier molecular flexibility index (Phi) is 5.97. The van der Waals surface area contributed by atoms with Crippen molar-refractivity contribution in [2.24, 2.45) is 24.3 Å². The zero-order valence-corrected chi connectivity index (χ0v) is 22.9. The Bertz CT molecular complexity index is 1540. The van der Waals surface area contributed by atoms with Crippen molar-refractivity contribution in [2.75, 3.05) is 17.2 Å². The van der Waals surface area contributed by atoms with Crippen molar-refractivity contribution in [3.8, 4) is 0 Å². The SMILES string of the molecule is Cn1nc(C(F)F)cc1Nc1nncn1C1CCc2sc(NC(=O)[C@H]3CC34CC4)c(C(=O)NCC3CC3(F)F)c2C1. The summed E-state index contributed by atoms with van der Waals surface area (Å²) < 4.78 is 56.3. The molecule has 2 amide bonds. The van der Waals surface area contributed by atoms with Crippen LogP contribution in [0.5, 0.6) is 0 Å². The molecule has 3 fully saturated rings. The van der Waals surface area contributed by atoms with Gasteiger partial charge < -0.3 is 16.0 Å². The standard InChI is InChI=1S/C26H28F4N8O2S/c1-37-18(7-16(36-37)20(27)28)33-24-35-32-11-38(24)13-2-3-17-14(6-13)19(22(40)31-10-12-8-26(12,29)30)23(41-17)34-21(39)15-9-25(15)4-5-25/h7,11-13,15,20H,2-6,8-10H2,1H3,(H,31,40)(H,33,35)(H,34,39)/t12?,13?,15-/m1/s1.